The fourth-order valence-corrected chi connectivity index (χ4v) is 2.07. The number of carbonyl (C=O) groups is 1. The van der Waals surface area contributed by atoms with Gasteiger partial charge in [-0.2, -0.15) is 0 Å². The predicted molar refractivity (Wildman–Crippen MR) is 65.2 cm³/mol. The molecule has 2 rings (SSSR count). The van der Waals surface area contributed by atoms with Crippen LogP contribution < -0.4 is 15.2 Å². The molecule has 1 aromatic carbocycles. The quantitative estimate of drug-likeness (QED) is 0.821. The highest BCUT2D eigenvalue weighted by molar-refractivity contribution is 6.32. The van der Waals surface area contributed by atoms with Crippen molar-refractivity contribution in [2.45, 2.75) is 13.3 Å². The van der Waals surface area contributed by atoms with Crippen LogP contribution in [0.1, 0.15) is 22.3 Å². The SMILES string of the molecule is Cc1c(C(=O)CN)cc(Cl)c2c1OCCCO2. The summed E-state index contributed by atoms with van der Waals surface area (Å²) >= 11 is 6.09. The number of carbonyl (C=O) groups excluding carboxylic acids is 1. The van der Waals surface area contributed by atoms with Gasteiger partial charge in [0, 0.05) is 17.5 Å². The van der Waals surface area contributed by atoms with Crippen molar-refractivity contribution in [2.24, 2.45) is 5.73 Å². The first-order valence-corrected chi connectivity index (χ1v) is 5.85. The van der Waals surface area contributed by atoms with Crippen LogP contribution in [0.5, 0.6) is 11.5 Å². The van der Waals surface area contributed by atoms with Gasteiger partial charge in [-0.1, -0.05) is 11.6 Å². The van der Waals surface area contributed by atoms with Gasteiger partial charge in [-0.3, -0.25) is 4.79 Å². The zero-order chi connectivity index (χ0) is 12.4. The average molecular weight is 256 g/mol. The average Bonchev–Trinajstić information content (AvgIpc) is 2.58. The van der Waals surface area contributed by atoms with Crippen molar-refractivity contribution in [1.82, 2.24) is 0 Å². The van der Waals surface area contributed by atoms with Crippen LogP contribution >= 0.6 is 11.6 Å². The molecule has 0 fully saturated rings. The Morgan fingerprint density at radius 3 is 2.71 bits per heavy atom. The Morgan fingerprint density at radius 1 is 1.41 bits per heavy atom. The van der Waals surface area contributed by atoms with Crippen molar-refractivity contribution in [3.05, 3.63) is 22.2 Å². The molecule has 0 aromatic heterocycles. The van der Waals surface area contributed by atoms with Crippen molar-refractivity contribution in [1.29, 1.82) is 0 Å². The Morgan fingerprint density at radius 2 is 2.06 bits per heavy atom. The minimum absolute atomic E-state index is 0.0448. The maximum Gasteiger partial charge on any atom is 0.180 e. The Hall–Kier alpha value is -1.26. The second kappa shape index (κ2) is 4.94. The summed E-state index contributed by atoms with van der Waals surface area (Å²) in [6.07, 6.45) is 0.796. The standard InChI is InChI=1S/C12H14ClNO3/c1-7-8(10(15)6-14)5-9(13)12-11(7)16-3-2-4-17-12/h5H,2-4,6,14H2,1H3. The van der Waals surface area contributed by atoms with Crippen molar-refractivity contribution >= 4 is 17.4 Å². The molecule has 4 nitrogen and oxygen atoms in total. The molecule has 1 aliphatic rings. The number of Topliss-reactive ketones (excluding diaryl/α,β-unsaturated/α-hetero) is 1. The predicted octanol–water partition coefficient (Wildman–Crippen LogP) is 1.95. The number of ketones is 1. The van der Waals surface area contributed by atoms with E-state index in [1.165, 1.54) is 0 Å². The zero-order valence-corrected chi connectivity index (χ0v) is 10.3. The van der Waals surface area contributed by atoms with Crippen LogP contribution in [0, 0.1) is 6.92 Å². The van der Waals surface area contributed by atoms with E-state index >= 15 is 0 Å². The van der Waals surface area contributed by atoms with E-state index in [1.807, 2.05) is 6.92 Å². The summed E-state index contributed by atoms with van der Waals surface area (Å²) in [6.45, 7) is 2.89. The third-order valence-electron chi connectivity index (χ3n) is 2.71. The summed E-state index contributed by atoms with van der Waals surface area (Å²) in [5.41, 5.74) is 6.60. The summed E-state index contributed by atoms with van der Waals surface area (Å²) in [5, 5.41) is 0.393. The van der Waals surface area contributed by atoms with Gasteiger partial charge in [0.2, 0.25) is 0 Å². The summed E-state index contributed by atoms with van der Waals surface area (Å²) in [6, 6.07) is 1.60. The smallest absolute Gasteiger partial charge is 0.180 e. The van der Waals surface area contributed by atoms with Gasteiger partial charge in [-0.05, 0) is 13.0 Å². The number of benzene rings is 1. The fourth-order valence-electron chi connectivity index (χ4n) is 1.82. The lowest BCUT2D eigenvalue weighted by atomic mass is 10.0. The second-order valence-corrected chi connectivity index (χ2v) is 4.27. The highest BCUT2D eigenvalue weighted by atomic mass is 35.5. The van der Waals surface area contributed by atoms with Crippen molar-refractivity contribution in [2.75, 3.05) is 19.8 Å². The third kappa shape index (κ3) is 2.23. The Labute approximate surface area is 105 Å². The van der Waals surface area contributed by atoms with Crippen LogP contribution in [-0.4, -0.2) is 25.5 Å². The molecule has 0 radical (unpaired) electrons. The van der Waals surface area contributed by atoms with E-state index in [0.717, 1.165) is 12.0 Å². The molecule has 1 aliphatic heterocycles. The van der Waals surface area contributed by atoms with Gasteiger partial charge in [0.15, 0.2) is 17.3 Å². The molecule has 0 saturated carbocycles. The molecular weight excluding hydrogens is 242 g/mol. The number of fused-ring (bicyclic) bond motifs is 1. The molecular formula is C12H14ClNO3. The minimum Gasteiger partial charge on any atom is -0.489 e. The molecule has 17 heavy (non-hydrogen) atoms. The maximum absolute atomic E-state index is 11.7. The minimum atomic E-state index is -0.153. The number of ether oxygens (including phenoxy) is 2. The van der Waals surface area contributed by atoms with Gasteiger partial charge >= 0.3 is 0 Å². The molecule has 1 heterocycles. The molecule has 0 saturated heterocycles. The number of hydrogen-bond donors (Lipinski definition) is 1. The summed E-state index contributed by atoms with van der Waals surface area (Å²) in [7, 11) is 0. The number of rotatable bonds is 2. The van der Waals surface area contributed by atoms with Gasteiger partial charge in [0.25, 0.3) is 0 Å². The molecule has 0 unspecified atom stereocenters. The first-order valence-electron chi connectivity index (χ1n) is 5.47. The summed E-state index contributed by atoms with van der Waals surface area (Å²) < 4.78 is 11.1. The molecule has 5 heteroatoms. The van der Waals surface area contributed by atoms with E-state index in [1.54, 1.807) is 6.07 Å². The van der Waals surface area contributed by atoms with Crippen molar-refractivity contribution in [3.8, 4) is 11.5 Å². The van der Waals surface area contributed by atoms with E-state index in [-0.39, 0.29) is 12.3 Å². The number of hydrogen-bond acceptors (Lipinski definition) is 4. The van der Waals surface area contributed by atoms with Crippen molar-refractivity contribution < 1.29 is 14.3 Å². The molecule has 0 amide bonds. The van der Waals surface area contributed by atoms with Crippen LogP contribution in [0.15, 0.2) is 6.07 Å². The van der Waals surface area contributed by atoms with Crippen LogP contribution in [0.3, 0.4) is 0 Å². The fraction of sp³-hybridized carbons (Fsp3) is 0.417. The van der Waals surface area contributed by atoms with Crippen LogP contribution in [0.4, 0.5) is 0 Å². The molecule has 0 aliphatic carbocycles. The largest absolute Gasteiger partial charge is 0.489 e. The Balaban J connectivity index is 2.56. The molecule has 0 bridgehead atoms. The normalized spacial score (nSPS) is 14.3. The zero-order valence-electron chi connectivity index (χ0n) is 9.59. The monoisotopic (exact) mass is 255 g/mol. The Kier molecular flexibility index (Phi) is 3.54. The van der Waals surface area contributed by atoms with Gasteiger partial charge < -0.3 is 15.2 Å². The Bertz CT molecular complexity index is 460. The van der Waals surface area contributed by atoms with E-state index in [0.29, 0.717) is 35.3 Å². The lowest BCUT2D eigenvalue weighted by Gasteiger charge is -2.14. The van der Waals surface area contributed by atoms with E-state index in [4.69, 9.17) is 26.8 Å². The van der Waals surface area contributed by atoms with E-state index in [2.05, 4.69) is 0 Å². The first-order chi connectivity index (χ1) is 8.15. The third-order valence-corrected chi connectivity index (χ3v) is 2.99. The van der Waals surface area contributed by atoms with E-state index in [9.17, 15) is 4.79 Å². The highest BCUT2D eigenvalue weighted by Crippen LogP contribution is 2.41. The van der Waals surface area contributed by atoms with Gasteiger partial charge in [-0.25, -0.2) is 0 Å². The van der Waals surface area contributed by atoms with Gasteiger partial charge in [-0.15, -0.1) is 0 Å². The second-order valence-electron chi connectivity index (χ2n) is 3.87. The highest BCUT2D eigenvalue weighted by Gasteiger charge is 2.21. The van der Waals surface area contributed by atoms with Crippen LogP contribution in [-0.2, 0) is 0 Å². The lowest BCUT2D eigenvalue weighted by molar-refractivity contribution is 0.100. The molecule has 1 aromatic rings. The first kappa shape index (κ1) is 12.2. The van der Waals surface area contributed by atoms with Crippen LogP contribution in [0.2, 0.25) is 5.02 Å². The molecule has 0 spiro atoms. The van der Waals surface area contributed by atoms with Gasteiger partial charge in [0.1, 0.15) is 0 Å². The summed E-state index contributed by atoms with van der Waals surface area (Å²) in [4.78, 5) is 11.7. The molecule has 2 N–H and O–H groups in total. The number of halogens is 1. The van der Waals surface area contributed by atoms with Crippen molar-refractivity contribution in [3.63, 3.8) is 0 Å². The molecule has 92 valence electrons. The summed E-state index contributed by atoms with van der Waals surface area (Å²) in [5.74, 6) is 0.932. The van der Waals surface area contributed by atoms with E-state index < -0.39 is 0 Å². The van der Waals surface area contributed by atoms with Crippen LogP contribution in [0.25, 0.3) is 0 Å². The lowest BCUT2D eigenvalue weighted by Crippen LogP contribution is -2.15. The topological polar surface area (TPSA) is 61.6 Å². The maximum atomic E-state index is 11.7. The molecule has 0 atom stereocenters. The number of nitrogens with two attached hydrogens (primary N) is 1. The van der Waals surface area contributed by atoms with Gasteiger partial charge in [0.05, 0.1) is 24.8 Å².